The molecule has 3 nitrogen and oxygen atoms in total. The van der Waals surface area contributed by atoms with Crippen molar-refractivity contribution in [2.45, 2.75) is 13.2 Å². The zero-order chi connectivity index (χ0) is 15.2. The molecule has 0 saturated carbocycles. The second-order valence-electron chi connectivity index (χ2n) is 4.22. The van der Waals surface area contributed by atoms with Crippen LogP contribution < -0.4 is 14.8 Å². The summed E-state index contributed by atoms with van der Waals surface area (Å²) in [5.74, 6) is 0.879. The van der Waals surface area contributed by atoms with Crippen molar-refractivity contribution in [2.75, 3.05) is 12.4 Å². The first kappa shape index (κ1) is 15.6. The largest absolute Gasteiger partial charge is 0.495 e. The molecular formula is C15H14BrF2NO2. The normalized spacial score (nSPS) is 10.5. The summed E-state index contributed by atoms with van der Waals surface area (Å²) in [5.41, 5.74) is 1.79. The first-order chi connectivity index (χ1) is 10.1. The maximum absolute atomic E-state index is 12.1. The summed E-state index contributed by atoms with van der Waals surface area (Å²) in [6, 6.07) is 12.1. The number of nitrogens with one attached hydrogen (secondary N) is 1. The van der Waals surface area contributed by atoms with Crippen molar-refractivity contribution in [3.63, 3.8) is 0 Å². The molecule has 0 unspecified atom stereocenters. The number of anilines is 1. The highest BCUT2D eigenvalue weighted by molar-refractivity contribution is 9.10. The molecule has 0 fully saturated rings. The molecule has 0 spiro atoms. The number of ether oxygens (including phenoxy) is 2. The molecule has 0 aliphatic rings. The fourth-order valence-electron chi connectivity index (χ4n) is 1.80. The van der Waals surface area contributed by atoms with Crippen molar-refractivity contribution in [1.82, 2.24) is 0 Å². The molecular weight excluding hydrogens is 344 g/mol. The molecule has 2 rings (SSSR count). The van der Waals surface area contributed by atoms with Gasteiger partial charge in [0.15, 0.2) is 0 Å². The molecule has 1 N–H and O–H groups in total. The Labute approximate surface area is 130 Å². The van der Waals surface area contributed by atoms with E-state index >= 15 is 0 Å². The molecule has 0 aliphatic carbocycles. The average molecular weight is 358 g/mol. The average Bonchev–Trinajstić information content (AvgIpc) is 2.46. The maximum Gasteiger partial charge on any atom is 0.387 e. The van der Waals surface area contributed by atoms with Gasteiger partial charge in [-0.1, -0.05) is 28.1 Å². The lowest BCUT2D eigenvalue weighted by Crippen LogP contribution is -2.03. The van der Waals surface area contributed by atoms with Crippen molar-refractivity contribution < 1.29 is 18.3 Å². The molecule has 0 aliphatic heterocycles. The Morgan fingerprint density at radius 3 is 2.48 bits per heavy atom. The van der Waals surface area contributed by atoms with E-state index in [2.05, 4.69) is 26.0 Å². The summed E-state index contributed by atoms with van der Waals surface area (Å²) in [5, 5.41) is 3.24. The van der Waals surface area contributed by atoms with Gasteiger partial charge in [0.25, 0.3) is 0 Å². The Kier molecular flexibility index (Phi) is 5.38. The number of hydrogen-bond acceptors (Lipinski definition) is 3. The van der Waals surface area contributed by atoms with E-state index in [0.717, 1.165) is 21.5 Å². The highest BCUT2D eigenvalue weighted by atomic mass is 79.9. The van der Waals surface area contributed by atoms with E-state index in [4.69, 9.17) is 4.74 Å². The van der Waals surface area contributed by atoms with Gasteiger partial charge >= 0.3 is 6.61 Å². The Morgan fingerprint density at radius 1 is 1.14 bits per heavy atom. The van der Waals surface area contributed by atoms with Crippen LogP contribution in [0.15, 0.2) is 46.9 Å². The van der Waals surface area contributed by atoms with Crippen molar-refractivity contribution in [3.8, 4) is 11.5 Å². The van der Waals surface area contributed by atoms with Crippen LogP contribution in [0.25, 0.3) is 0 Å². The smallest absolute Gasteiger partial charge is 0.387 e. The van der Waals surface area contributed by atoms with Crippen LogP contribution >= 0.6 is 15.9 Å². The highest BCUT2D eigenvalue weighted by Gasteiger charge is 2.05. The van der Waals surface area contributed by atoms with E-state index < -0.39 is 6.61 Å². The van der Waals surface area contributed by atoms with E-state index in [1.54, 1.807) is 19.2 Å². The molecule has 0 saturated heterocycles. The zero-order valence-electron chi connectivity index (χ0n) is 11.3. The van der Waals surface area contributed by atoms with Crippen LogP contribution in [0.5, 0.6) is 11.5 Å². The van der Waals surface area contributed by atoms with Crippen LogP contribution in [-0.2, 0) is 6.54 Å². The van der Waals surface area contributed by atoms with Gasteiger partial charge in [-0.3, -0.25) is 0 Å². The van der Waals surface area contributed by atoms with Crippen molar-refractivity contribution in [3.05, 3.63) is 52.5 Å². The lowest BCUT2D eigenvalue weighted by Gasteiger charge is -2.12. The van der Waals surface area contributed by atoms with Crippen LogP contribution in [0.4, 0.5) is 14.5 Å². The summed E-state index contributed by atoms with van der Waals surface area (Å²) < 4.78 is 34.6. The molecule has 21 heavy (non-hydrogen) atoms. The lowest BCUT2D eigenvalue weighted by molar-refractivity contribution is -0.0498. The van der Waals surface area contributed by atoms with Gasteiger partial charge in [-0.2, -0.15) is 8.78 Å². The summed E-state index contributed by atoms with van der Waals surface area (Å²) >= 11 is 3.40. The zero-order valence-corrected chi connectivity index (χ0v) is 12.9. The second kappa shape index (κ2) is 7.26. The molecule has 2 aromatic carbocycles. The highest BCUT2D eigenvalue weighted by Crippen LogP contribution is 2.28. The fourth-order valence-corrected chi connectivity index (χ4v) is 2.17. The van der Waals surface area contributed by atoms with Gasteiger partial charge in [-0.15, -0.1) is 0 Å². The van der Waals surface area contributed by atoms with Gasteiger partial charge in [0, 0.05) is 11.0 Å². The first-order valence-electron chi connectivity index (χ1n) is 6.19. The Hall–Kier alpha value is -1.82. The number of benzene rings is 2. The third-order valence-corrected chi connectivity index (χ3v) is 3.29. The van der Waals surface area contributed by atoms with E-state index in [9.17, 15) is 8.78 Å². The van der Waals surface area contributed by atoms with Crippen molar-refractivity contribution in [1.29, 1.82) is 0 Å². The maximum atomic E-state index is 12.1. The Bertz CT molecular complexity index is 591. The Morgan fingerprint density at radius 2 is 1.86 bits per heavy atom. The quantitative estimate of drug-likeness (QED) is 0.814. The molecule has 0 amide bonds. The number of methoxy groups -OCH3 is 1. The molecule has 112 valence electrons. The third kappa shape index (κ3) is 4.60. The molecule has 2 aromatic rings. The molecule has 6 heteroatoms. The topological polar surface area (TPSA) is 30.5 Å². The predicted molar refractivity (Wildman–Crippen MR) is 81.1 cm³/mol. The van der Waals surface area contributed by atoms with Gasteiger partial charge in [0.2, 0.25) is 0 Å². The summed E-state index contributed by atoms with van der Waals surface area (Å²) in [7, 11) is 1.60. The van der Waals surface area contributed by atoms with E-state index in [1.807, 2.05) is 18.2 Å². The van der Waals surface area contributed by atoms with Crippen molar-refractivity contribution >= 4 is 21.6 Å². The van der Waals surface area contributed by atoms with Crippen molar-refractivity contribution in [2.24, 2.45) is 0 Å². The number of halogens is 3. The first-order valence-corrected chi connectivity index (χ1v) is 6.99. The van der Waals surface area contributed by atoms with Crippen LogP contribution in [0.2, 0.25) is 0 Å². The minimum absolute atomic E-state index is 0.147. The standard InChI is InChI=1S/C15H14BrF2NO2/c1-20-14-7-4-11(16)8-13(14)19-9-10-2-5-12(6-3-10)21-15(17)18/h2-8,15,19H,9H2,1H3. The number of rotatable bonds is 6. The summed E-state index contributed by atoms with van der Waals surface area (Å²) in [6.07, 6.45) is 0. The molecule has 0 radical (unpaired) electrons. The van der Waals surface area contributed by atoms with Crippen LogP contribution in [0.3, 0.4) is 0 Å². The number of hydrogen-bond donors (Lipinski definition) is 1. The van der Waals surface area contributed by atoms with Crippen LogP contribution in [0.1, 0.15) is 5.56 Å². The van der Waals surface area contributed by atoms with E-state index in [1.165, 1.54) is 12.1 Å². The third-order valence-electron chi connectivity index (χ3n) is 2.79. The minimum atomic E-state index is -2.81. The van der Waals surface area contributed by atoms with Gasteiger partial charge in [-0.05, 0) is 35.9 Å². The molecule has 0 atom stereocenters. The van der Waals surface area contributed by atoms with Crippen LogP contribution in [-0.4, -0.2) is 13.7 Å². The molecule has 0 aromatic heterocycles. The SMILES string of the molecule is COc1ccc(Br)cc1NCc1ccc(OC(F)F)cc1. The number of alkyl halides is 2. The van der Waals surface area contributed by atoms with Gasteiger partial charge < -0.3 is 14.8 Å². The predicted octanol–water partition coefficient (Wildman–Crippen LogP) is 4.67. The minimum Gasteiger partial charge on any atom is -0.495 e. The summed E-state index contributed by atoms with van der Waals surface area (Å²) in [6.45, 7) is -2.26. The molecule has 0 heterocycles. The lowest BCUT2D eigenvalue weighted by atomic mass is 10.2. The van der Waals surface area contributed by atoms with E-state index in [-0.39, 0.29) is 5.75 Å². The van der Waals surface area contributed by atoms with Gasteiger partial charge in [0.1, 0.15) is 11.5 Å². The van der Waals surface area contributed by atoms with E-state index in [0.29, 0.717) is 6.54 Å². The summed E-state index contributed by atoms with van der Waals surface area (Å²) in [4.78, 5) is 0. The fraction of sp³-hybridized carbons (Fsp3) is 0.200. The second-order valence-corrected chi connectivity index (χ2v) is 5.14. The van der Waals surface area contributed by atoms with Gasteiger partial charge in [0.05, 0.1) is 12.8 Å². The van der Waals surface area contributed by atoms with Crippen LogP contribution in [0, 0.1) is 0 Å². The monoisotopic (exact) mass is 357 g/mol. The van der Waals surface area contributed by atoms with Gasteiger partial charge in [-0.25, -0.2) is 0 Å². The Balaban J connectivity index is 2.01. The molecule has 0 bridgehead atoms.